The van der Waals surface area contributed by atoms with Crippen LogP contribution in [0, 0.1) is 29.6 Å². The lowest BCUT2D eigenvalue weighted by molar-refractivity contribution is 0.331. The van der Waals surface area contributed by atoms with E-state index in [0.29, 0.717) is 5.92 Å². The van der Waals surface area contributed by atoms with Gasteiger partial charge in [-0.3, -0.25) is 0 Å². The van der Waals surface area contributed by atoms with E-state index in [1.165, 1.54) is 62.5 Å². The minimum absolute atomic E-state index is 0.711. The number of hydrogen-bond acceptors (Lipinski definition) is 0. The van der Waals surface area contributed by atoms with E-state index in [2.05, 4.69) is 86.1 Å². The molecule has 0 spiro atoms. The fraction of sp³-hybridized carbons (Fsp3) is 0.467. The van der Waals surface area contributed by atoms with Gasteiger partial charge in [0.1, 0.15) is 0 Å². The molecule has 0 saturated heterocycles. The van der Waals surface area contributed by atoms with Gasteiger partial charge in [0, 0.05) is 24.0 Å². The molecule has 2 aromatic carbocycles. The molecular weight excluding hydrogens is 360 g/mol. The monoisotopic (exact) mass is 396 g/mol. The number of unbranched alkanes of at least 4 members (excludes halogenated alkanes) is 2. The van der Waals surface area contributed by atoms with Gasteiger partial charge < -0.3 is 0 Å². The van der Waals surface area contributed by atoms with Gasteiger partial charge in [-0.05, 0) is 85.8 Å². The summed E-state index contributed by atoms with van der Waals surface area (Å²) < 4.78 is 0. The molecule has 2 aromatic rings. The fourth-order valence-electron chi connectivity index (χ4n) is 4.36. The van der Waals surface area contributed by atoms with Crippen LogP contribution in [0.15, 0.2) is 48.5 Å². The smallest absolute Gasteiger partial charge is 0.0249 e. The van der Waals surface area contributed by atoms with Crippen LogP contribution in [0.5, 0.6) is 0 Å². The molecule has 0 radical (unpaired) electrons. The van der Waals surface area contributed by atoms with Gasteiger partial charge in [0.05, 0.1) is 0 Å². The fourth-order valence-corrected chi connectivity index (χ4v) is 4.36. The molecule has 0 unspecified atom stereocenters. The SMILES string of the molecule is CCC#CCC1CCC(c2ccc(C#Cc3ccc(CCCCC)cc3)cc2)CC1. The molecule has 0 atom stereocenters. The zero-order valence-electron chi connectivity index (χ0n) is 18.8. The van der Waals surface area contributed by atoms with Crippen molar-refractivity contribution >= 4 is 0 Å². The molecule has 0 bridgehead atoms. The van der Waals surface area contributed by atoms with Crippen molar-refractivity contribution in [1.29, 1.82) is 0 Å². The molecule has 0 nitrogen and oxygen atoms in total. The van der Waals surface area contributed by atoms with E-state index in [-0.39, 0.29) is 0 Å². The molecule has 156 valence electrons. The van der Waals surface area contributed by atoms with Crippen LogP contribution in [0.4, 0.5) is 0 Å². The largest absolute Gasteiger partial charge is 0.104 e. The Kier molecular flexibility index (Phi) is 9.12. The molecule has 3 rings (SSSR count). The van der Waals surface area contributed by atoms with E-state index in [0.717, 1.165) is 29.9 Å². The average molecular weight is 397 g/mol. The summed E-state index contributed by atoms with van der Waals surface area (Å²) in [6.07, 6.45) is 12.4. The predicted octanol–water partition coefficient (Wildman–Crippen LogP) is 7.90. The van der Waals surface area contributed by atoms with E-state index < -0.39 is 0 Å². The van der Waals surface area contributed by atoms with Gasteiger partial charge in [0.15, 0.2) is 0 Å². The van der Waals surface area contributed by atoms with Crippen molar-refractivity contribution in [3.05, 3.63) is 70.8 Å². The third kappa shape index (κ3) is 7.11. The normalized spacial score (nSPS) is 18.1. The van der Waals surface area contributed by atoms with Crippen LogP contribution in [0.3, 0.4) is 0 Å². The van der Waals surface area contributed by atoms with Crippen molar-refractivity contribution in [2.75, 3.05) is 0 Å². The zero-order chi connectivity index (χ0) is 21.0. The first-order chi connectivity index (χ1) is 14.8. The molecule has 0 aliphatic heterocycles. The molecule has 30 heavy (non-hydrogen) atoms. The first-order valence-corrected chi connectivity index (χ1v) is 11.9. The van der Waals surface area contributed by atoms with Crippen molar-refractivity contribution in [3.63, 3.8) is 0 Å². The van der Waals surface area contributed by atoms with E-state index >= 15 is 0 Å². The van der Waals surface area contributed by atoms with Crippen LogP contribution in [0.1, 0.15) is 99.8 Å². The second kappa shape index (κ2) is 12.3. The van der Waals surface area contributed by atoms with Gasteiger partial charge in [-0.15, -0.1) is 11.8 Å². The zero-order valence-corrected chi connectivity index (χ0v) is 18.8. The number of benzene rings is 2. The molecule has 0 heterocycles. The third-order valence-corrected chi connectivity index (χ3v) is 6.30. The van der Waals surface area contributed by atoms with Crippen molar-refractivity contribution < 1.29 is 0 Å². The second-order valence-electron chi connectivity index (χ2n) is 8.65. The van der Waals surface area contributed by atoms with Crippen molar-refractivity contribution in [1.82, 2.24) is 0 Å². The Balaban J connectivity index is 1.51. The maximum absolute atomic E-state index is 3.34. The highest BCUT2D eigenvalue weighted by molar-refractivity contribution is 5.44. The molecule has 1 saturated carbocycles. The summed E-state index contributed by atoms with van der Waals surface area (Å²) in [4.78, 5) is 0. The van der Waals surface area contributed by atoms with Crippen LogP contribution < -0.4 is 0 Å². The van der Waals surface area contributed by atoms with Crippen LogP contribution in [-0.2, 0) is 6.42 Å². The summed E-state index contributed by atoms with van der Waals surface area (Å²) in [5, 5.41) is 0. The van der Waals surface area contributed by atoms with E-state index in [9.17, 15) is 0 Å². The maximum atomic E-state index is 3.34. The first-order valence-electron chi connectivity index (χ1n) is 11.9. The lowest BCUT2D eigenvalue weighted by Gasteiger charge is -2.27. The molecule has 1 fully saturated rings. The minimum atomic E-state index is 0.711. The maximum Gasteiger partial charge on any atom is 0.0249 e. The molecular formula is C30H36. The Morgan fingerprint density at radius 1 is 0.733 bits per heavy atom. The van der Waals surface area contributed by atoms with Crippen molar-refractivity contribution in [2.24, 2.45) is 5.92 Å². The summed E-state index contributed by atoms with van der Waals surface area (Å²) >= 11 is 0. The summed E-state index contributed by atoms with van der Waals surface area (Å²) in [5.74, 6) is 14.7. The topological polar surface area (TPSA) is 0 Å². The minimum Gasteiger partial charge on any atom is -0.104 e. The molecule has 1 aliphatic rings. The van der Waals surface area contributed by atoms with Crippen molar-refractivity contribution in [2.45, 2.75) is 84.0 Å². The van der Waals surface area contributed by atoms with Crippen LogP contribution in [0.2, 0.25) is 0 Å². The van der Waals surface area contributed by atoms with Crippen LogP contribution in [-0.4, -0.2) is 0 Å². The number of aryl methyl sites for hydroxylation is 1. The Labute approximate surface area is 184 Å². The van der Waals surface area contributed by atoms with Crippen LogP contribution >= 0.6 is 0 Å². The third-order valence-electron chi connectivity index (χ3n) is 6.30. The Morgan fingerprint density at radius 3 is 1.97 bits per heavy atom. The Morgan fingerprint density at radius 2 is 1.37 bits per heavy atom. The van der Waals surface area contributed by atoms with Gasteiger partial charge in [0.2, 0.25) is 0 Å². The molecule has 0 amide bonds. The lowest BCUT2D eigenvalue weighted by Crippen LogP contribution is -2.12. The highest BCUT2D eigenvalue weighted by atomic mass is 14.3. The summed E-state index contributed by atoms with van der Waals surface area (Å²) in [6.45, 7) is 4.38. The standard InChI is InChI=1S/C30H36/c1-3-5-7-9-25-11-13-27(14-12-25)15-16-28-19-23-30(24-20-28)29-21-17-26(18-22-29)10-8-6-4-2/h11-14,19-20,23-24,26,29H,3-5,7,9-10,17-18,21-22H2,1-2H3. The molecule has 0 heteroatoms. The lowest BCUT2D eigenvalue weighted by atomic mass is 9.77. The summed E-state index contributed by atoms with van der Waals surface area (Å²) in [6, 6.07) is 17.8. The van der Waals surface area contributed by atoms with E-state index in [1.54, 1.807) is 0 Å². The number of rotatable bonds is 6. The van der Waals surface area contributed by atoms with Gasteiger partial charge in [-0.25, -0.2) is 0 Å². The summed E-state index contributed by atoms with van der Waals surface area (Å²) in [7, 11) is 0. The predicted molar refractivity (Wildman–Crippen MR) is 129 cm³/mol. The highest BCUT2D eigenvalue weighted by Gasteiger charge is 2.21. The molecule has 1 aliphatic carbocycles. The number of hydrogen-bond donors (Lipinski definition) is 0. The van der Waals surface area contributed by atoms with Gasteiger partial charge in [-0.1, -0.05) is 62.8 Å². The average Bonchev–Trinajstić information content (AvgIpc) is 2.80. The first kappa shape index (κ1) is 22.2. The van der Waals surface area contributed by atoms with Crippen molar-refractivity contribution in [3.8, 4) is 23.7 Å². The summed E-state index contributed by atoms with van der Waals surface area (Å²) in [5.41, 5.74) is 5.11. The van der Waals surface area contributed by atoms with E-state index in [1.807, 2.05) is 0 Å². The Hall–Kier alpha value is -2.44. The quantitative estimate of drug-likeness (QED) is 0.344. The van der Waals surface area contributed by atoms with Gasteiger partial charge in [-0.2, -0.15) is 0 Å². The van der Waals surface area contributed by atoms with Gasteiger partial charge >= 0.3 is 0 Å². The highest BCUT2D eigenvalue weighted by Crippen LogP contribution is 2.36. The second-order valence-corrected chi connectivity index (χ2v) is 8.65. The van der Waals surface area contributed by atoms with Crippen LogP contribution in [0.25, 0.3) is 0 Å². The Bertz CT molecular complexity index is 870. The molecule has 0 aromatic heterocycles. The van der Waals surface area contributed by atoms with E-state index in [4.69, 9.17) is 0 Å². The molecule has 0 N–H and O–H groups in total. The van der Waals surface area contributed by atoms with Gasteiger partial charge in [0.25, 0.3) is 0 Å².